The summed E-state index contributed by atoms with van der Waals surface area (Å²) in [5.74, 6) is 0. The smallest absolute Gasteiger partial charge is 0.118 e. The maximum atomic E-state index is 5.74. The molecule has 1 aliphatic rings. The molecule has 0 spiro atoms. The van der Waals surface area contributed by atoms with Crippen LogP contribution < -0.4 is 5.32 Å². The van der Waals surface area contributed by atoms with Crippen LogP contribution in [0.1, 0.15) is 39.0 Å². The van der Waals surface area contributed by atoms with Crippen molar-refractivity contribution in [1.82, 2.24) is 5.32 Å². The standard InChI is InChI=1S/C9H19NO/c1-3-6-9(10-2)7-4-5-8-11-9/h10H,3-8H2,1-2H3. The van der Waals surface area contributed by atoms with Crippen LogP contribution in [0, 0.1) is 0 Å². The molecule has 1 fully saturated rings. The van der Waals surface area contributed by atoms with Crippen LogP contribution in [0.2, 0.25) is 0 Å². The Morgan fingerprint density at radius 3 is 2.73 bits per heavy atom. The van der Waals surface area contributed by atoms with Crippen molar-refractivity contribution in [3.8, 4) is 0 Å². The zero-order valence-electron chi connectivity index (χ0n) is 7.65. The van der Waals surface area contributed by atoms with Gasteiger partial charge in [-0.1, -0.05) is 13.3 Å². The summed E-state index contributed by atoms with van der Waals surface area (Å²) in [7, 11) is 2.00. The van der Waals surface area contributed by atoms with Gasteiger partial charge in [0.15, 0.2) is 0 Å². The summed E-state index contributed by atoms with van der Waals surface area (Å²) >= 11 is 0. The molecule has 1 saturated heterocycles. The highest BCUT2D eigenvalue weighted by atomic mass is 16.5. The second kappa shape index (κ2) is 4.07. The molecule has 0 bridgehead atoms. The van der Waals surface area contributed by atoms with Crippen LogP contribution in [0.4, 0.5) is 0 Å². The fourth-order valence-corrected chi connectivity index (χ4v) is 1.78. The third-order valence-electron chi connectivity index (χ3n) is 2.46. The van der Waals surface area contributed by atoms with E-state index in [1.807, 2.05) is 7.05 Å². The molecule has 1 N–H and O–H groups in total. The lowest BCUT2D eigenvalue weighted by Gasteiger charge is -2.36. The fourth-order valence-electron chi connectivity index (χ4n) is 1.78. The first-order chi connectivity index (χ1) is 5.33. The highest BCUT2D eigenvalue weighted by molar-refractivity contribution is 4.78. The van der Waals surface area contributed by atoms with E-state index < -0.39 is 0 Å². The van der Waals surface area contributed by atoms with Crippen molar-refractivity contribution >= 4 is 0 Å². The van der Waals surface area contributed by atoms with Gasteiger partial charge in [-0.15, -0.1) is 0 Å². The van der Waals surface area contributed by atoms with Crippen LogP contribution in [0.3, 0.4) is 0 Å². The second-order valence-corrected chi connectivity index (χ2v) is 3.30. The van der Waals surface area contributed by atoms with Crippen molar-refractivity contribution < 1.29 is 4.74 Å². The normalized spacial score (nSPS) is 32.2. The summed E-state index contributed by atoms with van der Waals surface area (Å²) in [5.41, 5.74) is 0.0208. The van der Waals surface area contributed by atoms with Gasteiger partial charge in [0, 0.05) is 6.61 Å². The Hall–Kier alpha value is -0.0800. The van der Waals surface area contributed by atoms with Gasteiger partial charge in [-0.05, 0) is 32.7 Å². The van der Waals surface area contributed by atoms with Gasteiger partial charge >= 0.3 is 0 Å². The van der Waals surface area contributed by atoms with E-state index in [0.717, 1.165) is 13.0 Å². The van der Waals surface area contributed by atoms with Crippen LogP contribution in [0.5, 0.6) is 0 Å². The van der Waals surface area contributed by atoms with Crippen LogP contribution in [0.25, 0.3) is 0 Å². The molecule has 1 atom stereocenters. The molecule has 1 rings (SSSR count). The van der Waals surface area contributed by atoms with Crippen LogP contribution in [-0.2, 0) is 4.74 Å². The predicted molar refractivity (Wildman–Crippen MR) is 46.5 cm³/mol. The highest BCUT2D eigenvalue weighted by Crippen LogP contribution is 2.26. The van der Waals surface area contributed by atoms with Gasteiger partial charge in [-0.3, -0.25) is 5.32 Å². The Bertz CT molecular complexity index is 103. The van der Waals surface area contributed by atoms with E-state index in [0.29, 0.717) is 0 Å². The molecule has 0 aliphatic carbocycles. The Morgan fingerprint density at radius 2 is 2.27 bits per heavy atom. The van der Waals surface area contributed by atoms with Crippen molar-refractivity contribution in [2.45, 2.75) is 44.8 Å². The molecule has 1 unspecified atom stereocenters. The Kier molecular flexibility index (Phi) is 3.34. The molecule has 1 heterocycles. The number of nitrogens with one attached hydrogen (secondary N) is 1. The van der Waals surface area contributed by atoms with E-state index in [1.165, 1.54) is 25.7 Å². The maximum Gasteiger partial charge on any atom is 0.118 e. The third kappa shape index (κ3) is 2.17. The number of hydrogen-bond donors (Lipinski definition) is 1. The highest BCUT2D eigenvalue weighted by Gasteiger charge is 2.29. The summed E-state index contributed by atoms with van der Waals surface area (Å²) in [4.78, 5) is 0. The van der Waals surface area contributed by atoms with Crippen molar-refractivity contribution in [1.29, 1.82) is 0 Å². The van der Waals surface area contributed by atoms with Crippen molar-refractivity contribution in [2.24, 2.45) is 0 Å². The van der Waals surface area contributed by atoms with E-state index in [2.05, 4.69) is 12.2 Å². The summed E-state index contributed by atoms with van der Waals surface area (Å²) < 4.78 is 5.74. The van der Waals surface area contributed by atoms with E-state index in [-0.39, 0.29) is 5.72 Å². The first-order valence-electron chi connectivity index (χ1n) is 4.66. The number of hydrogen-bond acceptors (Lipinski definition) is 2. The lowest BCUT2D eigenvalue weighted by Crippen LogP contribution is -2.47. The minimum Gasteiger partial charge on any atom is -0.361 e. The van der Waals surface area contributed by atoms with Gasteiger partial charge in [0.2, 0.25) is 0 Å². The van der Waals surface area contributed by atoms with Crippen molar-refractivity contribution in [3.05, 3.63) is 0 Å². The van der Waals surface area contributed by atoms with E-state index in [4.69, 9.17) is 4.74 Å². The van der Waals surface area contributed by atoms with Crippen molar-refractivity contribution in [3.63, 3.8) is 0 Å². The first kappa shape index (κ1) is 9.01. The molecule has 11 heavy (non-hydrogen) atoms. The molecule has 0 radical (unpaired) electrons. The van der Waals surface area contributed by atoms with E-state index in [1.54, 1.807) is 0 Å². The molecule has 0 saturated carbocycles. The Morgan fingerprint density at radius 1 is 1.45 bits per heavy atom. The molecule has 0 amide bonds. The molecular formula is C9H19NO. The summed E-state index contributed by atoms with van der Waals surface area (Å²) in [6.45, 7) is 3.14. The molecule has 1 aliphatic heterocycles. The summed E-state index contributed by atoms with van der Waals surface area (Å²) in [6, 6.07) is 0. The third-order valence-corrected chi connectivity index (χ3v) is 2.46. The van der Waals surface area contributed by atoms with Gasteiger partial charge in [0.05, 0.1) is 0 Å². The van der Waals surface area contributed by atoms with E-state index >= 15 is 0 Å². The quantitative estimate of drug-likeness (QED) is 0.675. The molecule has 66 valence electrons. The molecule has 0 aromatic carbocycles. The van der Waals surface area contributed by atoms with Gasteiger partial charge in [0.1, 0.15) is 5.72 Å². The lowest BCUT2D eigenvalue weighted by atomic mass is 9.98. The number of rotatable bonds is 3. The minimum atomic E-state index is 0.0208. The first-order valence-corrected chi connectivity index (χ1v) is 4.66. The molecular weight excluding hydrogens is 138 g/mol. The zero-order valence-corrected chi connectivity index (χ0v) is 7.65. The van der Waals surface area contributed by atoms with Crippen LogP contribution >= 0.6 is 0 Å². The maximum absolute atomic E-state index is 5.74. The predicted octanol–water partition coefficient (Wildman–Crippen LogP) is 1.90. The Labute approximate surface area is 69.3 Å². The van der Waals surface area contributed by atoms with Gasteiger partial charge in [-0.2, -0.15) is 0 Å². The number of ether oxygens (including phenoxy) is 1. The summed E-state index contributed by atoms with van der Waals surface area (Å²) in [6.07, 6.45) is 6.05. The second-order valence-electron chi connectivity index (χ2n) is 3.30. The molecule has 2 nitrogen and oxygen atoms in total. The SMILES string of the molecule is CCCC1(NC)CCCCO1. The average Bonchev–Trinajstić information content (AvgIpc) is 2.07. The van der Waals surface area contributed by atoms with Crippen LogP contribution in [0.15, 0.2) is 0 Å². The average molecular weight is 157 g/mol. The Balaban J connectivity index is 2.42. The molecule has 0 aromatic heterocycles. The molecule has 0 aromatic rings. The fraction of sp³-hybridized carbons (Fsp3) is 1.00. The lowest BCUT2D eigenvalue weighted by molar-refractivity contribution is -0.102. The summed E-state index contributed by atoms with van der Waals surface area (Å²) in [5, 5.41) is 3.30. The van der Waals surface area contributed by atoms with Crippen LogP contribution in [-0.4, -0.2) is 19.4 Å². The van der Waals surface area contributed by atoms with Crippen molar-refractivity contribution in [2.75, 3.05) is 13.7 Å². The van der Waals surface area contributed by atoms with Gasteiger partial charge < -0.3 is 4.74 Å². The molecule has 2 heteroatoms. The largest absolute Gasteiger partial charge is 0.361 e. The topological polar surface area (TPSA) is 21.3 Å². The monoisotopic (exact) mass is 157 g/mol. The zero-order chi connectivity index (χ0) is 8.16. The van der Waals surface area contributed by atoms with Gasteiger partial charge in [0.25, 0.3) is 0 Å². The van der Waals surface area contributed by atoms with E-state index in [9.17, 15) is 0 Å². The van der Waals surface area contributed by atoms with Gasteiger partial charge in [-0.25, -0.2) is 0 Å². The minimum absolute atomic E-state index is 0.0208.